The molecule has 0 saturated heterocycles. The smallest absolute Gasteiger partial charge is 0.288 e. The van der Waals surface area contributed by atoms with E-state index >= 15 is 0 Å². The minimum absolute atomic E-state index is 0.205. The van der Waals surface area contributed by atoms with Crippen molar-refractivity contribution >= 4 is 23.4 Å². The molecule has 1 aliphatic carbocycles. The second kappa shape index (κ2) is 8.29. The molecule has 2 aliphatic rings. The van der Waals surface area contributed by atoms with Gasteiger partial charge in [-0.15, -0.1) is 0 Å². The van der Waals surface area contributed by atoms with Gasteiger partial charge in [0.1, 0.15) is 5.75 Å². The summed E-state index contributed by atoms with van der Waals surface area (Å²) in [5.74, 6) is 1.30. The fourth-order valence-corrected chi connectivity index (χ4v) is 3.38. The van der Waals surface area contributed by atoms with E-state index in [1.165, 1.54) is 6.20 Å². The van der Waals surface area contributed by atoms with E-state index in [1.807, 2.05) is 6.07 Å². The van der Waals surface area contributed by atoms with Gasteiger partial charge in [0, 0.05) is 29.6 Å². The molecule has 0 bridgehead atoms. The van der Waals surface area contributed by atoms with Crippen molar-refractivity contribution in [3.8, 4) is 5.75 Å². The maximum absolute atomic E-state index is 12.4. The number of rotatable bonds is 7. The third-order valence-electron chi connectivity index (χ3n) is 4.95. The second-order valence-corrected chi connectivity index (χ2v) is 7.77. The lowest BCUT2D eigenvalue weighted by Gasteiger charge is -2.25. The van der Waals surface area contributed by atoms with Crippen LogP contribution in [0.15, 0.2) is 41.1 Å². The van der Waals surface area contributed by atoms with E-state index in [0.717, 1.165) is 24.8 Å². The molecular formula is C21H22ClN3O4. The fourth-order valence-electron chi connectivity index (χ4n) is 3.18. The Kier molecular flexibility index (Phi) is 5.58. The van der Waals surface area contributed by atoms with Gasteiger partial charge in [-0.3, -0.25) is 9.59 Å². The van der Waals surface area contributed by atoms with Crippen molar-refractivity contribution in [2.75, 3.05) is 6.54 Å². The number of nitrogens with one attached hydrogen (secondary N) is 2. The lowest BCUT2D eigenvalue weighted by Crippen LogP contribution is -2.40. The Labute approximate surface area is 173 Å². The highest BCUT2D eigenvalue weighted by molar-refractivity contribution is 6.30. The Hall–Kier alpha value is -2.80. The third-order valence-corrected chi connectivity index (χ3v) is 5.18. The topological polar surface area (TPSA) is 93.5 Å². The van der Waals surface area contributed by atoms with Gasteiger partial charge >= 0.3 is 0 Å². The minimum atomic E-state index is -0.579. The van der Waals surface area contributed by atoms with Crippen LogP contribution in [0.25, 0.3) is 0 Å². The Bertz CT molecular complexity index is 951. The molecule has 1 aromatic carbocycles. The number of hydrogen-bond donors (Lipinski definition) is 2. The number of carbonyl (C=O) groups excluding carboxylic acids is 2. The molecule has 2 amide bonds. The van der Waals surface area contributed by atoms with Gasteiger partial charge in [-0.2, -0.15) is 0 Å². The van der Waals surface area contributed by atoms with Gasteiger partial charge < -0.3 is 19.8 Å². The molecule has 1 saturated carbocycles. The monoisotopic (exact) mass is 415 g/mol. The predicted molar refractivity (Wildman–Crippen MR) is 107 cm³/mol. The number of aromatic nitrogens is 1. The Balaban J connectivity index is 1.20. The summed E-state index contributed by atoms with van der Waals surface area (Å²) >= 11 is 5.99. The first kappa shape index (κ1) is 19.5. The molecule has 1 aromatic heterocycles. The van der Waals surface area contributed by atoms with Crippen molar-refractivity contribution in [1.29, 1.82) is 0 Å². The molecule has 2 N–H and O–H groups in total. The van der Waals surface area contributed by atoms with E-state index in [9.17, 15) is 9.59 Å². The summed E-state index contributed by atoms with van der Waals surface area (Å²) in [4.78, 5) is 28.7. The zero-order valence-electron chi connectivity index (χ0n) is 15.9. The van der Waals surface area contributed by atoms with Crippen LogP contribution < -0.4 is 15.4 Å². The molecule has 4 rings (SSSR count). The van der Waals surface area contributed by atoms with Crippen LogP contribution in [0, 0.1) is 0 Å². The summed E-state index contributed by atoms with van der Waals surface area (Å²) in [5.41, 5.74) is 1.51. The zero-order chi connectivity index (χ0) is 20.4. The summed E-state index contributed by atoms with van der Waals surface area (Å²) in [6.45, 7) is 4.18. The first-order valence-corrected chi connectivity index (χ1v) is 10.0. The first-order valence-electron chi connectivity index (χ1n) is 9.67. The number of hydrogen-bond acceptors (Lipinski definition) is 5. The van der Waals surface area contributed by atoms with Crippen molar-refractivity contribution in [1.82, 2.24) is 15.6 Å². The van der Waals surface area contributed by atoms with E-state index in [1.54, 1.807) is 12.1 Å². The van der Waals surface area contributed by atoms with Crippen LogP contribution in [0.5, 0.6) is 5.75 Å². The number of benzene rings is 1. The number of oxazole rings is 1. The van der Waals surface area contributed by atoms with E-state index in [4.69, 9.17) is 20.8 Å². The van der Waals surface area contributed by atoms with Gasteiger partial charge in [0.15, 0.2) is 12.0 Å². The average molecular weight is 416 g/mol. The number of nitrogens with zero attached hydrogens (tertiary/aromatic N) is 1. The van der Waals surface area contributed by atoms with Crippen molar-refractivity contribution in [3.05, 3.63) is 58.9 Å². The molecule has 29 heavy (non-hydrogen) atoms. The minimum Gasteiger partial charge on any atom is -0.480 e. The number of ether oxygens (including phenoxy) is 1. The predicted octanol–water partition coefficient (Wildman–Crippen LogP) is 3.35. The van der Waals surface area contributed by atoms with E-state index in [0.29, 0.717) is 47.7 Å². The largest absolute Gasteiger partial charge is 0.480 e. The van der Waals surface area contributed by atoms with Crippen LogP contribution in [-0.2, 0) is 11.2 Å². The van der Waals surface area contributed by atoms with E-state index in [2.05, 4.69) is 22.2 Å². The van der Waals surface area contributed by atoms with E-state index < -0.39 is 6.10 Å². The lowest BCUT2D eigenvalue weighted by atomic mass is 10.0. The number of fused-ring (bicyclic) bond motifs is 1. The highest BCUT2D eigenvalue weighted by atomic mass is 35.5. The maximum Gasteiger partial charge on any atom is 0.288 e. The van der Waals surface area contributed by atoms with Gasteiger partial charge in [0.25, 0.3) is 11.8 Å². The molecule has 0 spiro atoms. The normalized spacial score (nSPS) is 17.8. The number of carbonyl (C=O) groups is 2. The molecule has 1 aliphatic heterocycles. The SMILES string of the molecule is C=C(CCNC(=O)c1cnc(C2CC2)o1)NC(=O)[C@H]1CCc2cc(Cl)ccc2O1. The van der Waals surface area contributed by atoms with Crippen LogP contribution >= 0.6 is 11.6 Å². The van der Waals surface area contributed by atoms with Gasteiger partial charge in [-0.25, -0.2) is 4.98 Å². The molecule has 2 heterocycles. The van der Waals surface area contributed by atoms with Crippen LogP contribution in [0.4, 0.5) is 0 Å². The molecular weight excluding hydrogens is 394 g/mol. The summed E-state index contributed by atoms with van der Waals surface area (Å²) in [6, 6.07) is 5.37. The fraction of sp³-hybridized carbons (Fsp3) is 0.381. The number of halogens is 1. The summed E-state index contributed by atoms with van der Waals surface area (Å²) in [6.07, 6.45) is 4.68. The summed E-state index contributed by atoms with van der Waals surface area (Å²) in [5, 5.41) is 6.16. The van der Waals surface area contributed by atoms with Gasteiger partial charge in [-0.1, -0.05) is 18.2 Å². The number of amides is 2. The summed E-state index contributed by atoms with van der Waals surface area (Å²) < 4.78 is 11.2. The molecule has 0 unspecified atom stereocenters. The lowest BCUT2D eigenvalue weighted by molar-refractivity contribution is -0.127. The second-order valence-electron chi connectivity index (χ2n) is 7.33. The number of aryl methyl sites for hydroxylation is 1. The van der Waals surface area contributed by atoms with Crippen LogP contribution in [0.2, 0.25) is 5.02 Å². The molecule has 0 radical (unpaired) electrons. The van der Waals surface area contributed by atoms with Crippen molar-refractivity contribution in [2.45, 2.75) is 44.1 Å². The van der Waals surface area contributed by atoms with Crippen LogP contribution in [0.3, 0.4) is 0 Å². The molecule has 1 fully saturated rings. The van der Waals surface area contributed by atoms with Gasteiger partial charge in [0.05, 0.1) is 6.20 Å². The average Bonchev–Trinajstić information content (AvgIpc) is 3.43. The highest BCUT2D eigenvalue weighted by Gasteiger charge is 2.29. The molecule has 1 atom stereocenters. The van der Waals surface area contributed by atoms with Crippen molar-refractivity contribution in [3.63, 3.8) is 0 Å². The Morgan fingerprint density at radius 2 is 2.10 bits per heavy atom. The Morgan fingerprint density at radius 1 is 1.28 bits per heavy atom. The standard InChI is InChI=1S/C21H22ClN3O4/c1-12(8-9-23-19(26)18-11-24-21(29-18)13-2-3-13)25-20(27)17-6-4-14-10-15(22)5-7-16(14)28-17/h5,7,10-11,13,17H,1-4,6,8-9H2,(H,23,26)(H,25,27)/t17-/m1/s1. The highest BCUT2D eigenvalue weighted by Crippen LogP contribution is 2.39. The van der Waals surface area contributed by atoms with Gasteiger partial charge in [-0.05, 0) is 49.4 Å². The maximum atomic E-state index is 12.4. The Morgan fingerprint density at radius 3 is 2.90 bits per heavy atom. The molecule has 8 heteroatoms. The van der Waals surface area contributed by atoms with Crippen molar-refractivity contribution in [2.24, 2.45) is 0 Å². The third kappa shape index (κ3) is 4.79. The van der Waals surface area contributed by atoms with Gasteiger partial charge in [0.2, 0.25) is 5.76 Å². The first-order chi connectivity index (χ1) is 14.0. The molecule has 7 nitrogen and oxygen atoms in total. The quantitative estimate of drug-likeness (QED) is 0.723. The zero-order valence-corrected chi connectivity index (χ0v) is 16.6. The molecule has 2 aromatic rings. The van der Waals surface area contributed by atoms with Crippen LogP contribution in [-0.4, -0.2) is 29.4 Å². The van der Waals surface area contributed by atoms with Crippen LogP contribution in [0.1, 0.15) is 53.6 Å². The summed E-state index contributed by atoms with van der Waals surface area (Å²) in [7, 11) is 0. The van der Waals surface area contributed by atoms with Crippen molar-refractivity contribution < 1.29 is 18.7 Å². The molecule has 152 valence electrons. The van der Waals surface area contributed by atoms with E-state index in [-0.39, 0.29) is 17.6 Å².